The molecule has 11 heteroatoms. The van der Waals surface area contributed by atoms with Gasteiger partial charge in [-0.25, -0.2) is 0 Å². The summed E-state index contributed by atoms with van der Waals surface area (Å²) in [6, 6.07) is 8.50. The number of nitrogens with one attached hydrogen (secondary N) is 2. The lowest BCUT2D eigenvalue weighted by molar-refractivity contribution is -0.147. The van der Waals surface area contributed by atoms with Gasteiger partial charge in [0.05, 0.1) is 36.6 Å². The lowest BCUT2D eigenvalue weighted by Crippen LogP contribution is -2.58. The van der Waals surface area contributed by atoms with Crippen LogP contribution in [0.25, 0.3) is 0 Å². The zero-order chi connectivity index (χ0) is 37.7. The second-order valence-electron chi connectivity index (χ2n) is 14.6. The molecule has 4 amide bonds. The molecule has 50 heavy (non-hydrogen) atoms. The number of ether oxygens (including phenoxy) is 2. The van der Waals surface area contributed by atoms with Gasteiger partial charge in [-0.15, -0.1) is 0 Å². The van der Waals surface area contributed by atoms with E-state index in [2.05, 4.69) is 15.6 Å². The average molecular weight is 700 g/mol. The van der Waals surface area contributed by atoms with Crippen LogP contribution in [0.5, 0.6) is 0 Å². The molecule has 282 valence electrons. The zero-order valence-electron chi connectivity index (χ0n) is 32.7. The first-order valence-electron chi connectivity index (χ1n) is 18.4. The SMILES string of the molecule is CC[C@H](C)C([C@@H](CC(=O)N1CCC[C@H]1[C@H](OC)[C@@H](C)C(=O)N[C@H](C)Cc1ccccc1)OC)N(C)C(=O)[C@@H](NC(=O)/C(=N/C)C(C)C)C(C)C. The van der Waals surface area contributed by atoms with Crippen LogP contribution in [0.3, 0.4) is 0 Å². The fraction of sp³-hybridized carbons (Fsp3) is 0.718. The monoisotopic (exact) mass is 699 g/mol. The predicted molar refractivity (Wildman–Crippen MR) is 199 cm³/mol. The van der Waals surface area contributed by atoms with Gasteiger partial charge in [-0.05, 0) is 43.6 Å². The van der Waals surface area contributed by atoms with Crippen LogP contribution < -0.4 is 10.6 Å². The Hall–Kier alpha value is -3.31. The van der Waals surface area contributed by atoms with E-state index in [4.69, 9.17) is 9.47 Å². The van der Waals surface area contributed by atoms with E-state index in [-0.39, 0.29) is 59.9 Å². The van der Waals surface area contributed by atoms with Crippen molar-refractivity contribution in [1.82, 2.24) is 20.4 Å². The molecule has 1 unspecified atom stereocenters. The molecular formula is C39H65N5O6. The van der Waals surface area contributed by atoms with Gasteiger partial charge >= 0.3 is 0 Å². The van der Waals surface area contributed by atoms with E-state index in [0.29, 0.717) is 18.7 Å². The number of hydrogen-bond acceptors (Lipinski definition) is 7. The van der Waals surface area contributed by atoms with Crippen LogP contribution in [0.2, 0.25) is 0 Å². The van der Waals surface area contributed by atoms with Crippen LogP contribution in [-0.4, -0.2) is 110 Å². The van der Waals surface area contributed by atoms with Gasteiger partial charge in [0.25, 0.3) is 5.91 Å². The number of amides is 4. The third-order valence-electron chi connectivity index (χ3n) is 10.3. The maximum atomic E-state index is 14.1. The summed E-state index contributed by atoms with van der Waals surface area (Å²) in [5.74, 6) is -1.57. The number of aliphatic imine (C=N–C) groups is 1. The highest BCUT2D eigenvalue weighted by molar-refractivity contribution is 6.39. The van der Waals surface area contributed by atoms with Crippen molar-refractivity contribution in [2.24, 2.45) is 28.7 Å². The summed E-state index contributed by atoms with van der Waals surface area (Å²) in [5, 5.41) is 6.07. The lowest BCUT2D eigenvalue weighted by Gasteiger charge is -2.41. The standard InChI is InChI=1S/C39H65N5O6/c1-13-26(6)35(43(10)39(48)34(25(4)5)42-38(47)33(40-9)24(2)3)31(49-11)23-32(45)44-21-17-20-30(44)36(50-12)28(8)37(46)41-27(7)22-29-18-15-14-16-19-29/h14-16,18-19,24-28,30-31,34-36H,13,17,20-23H2,1-12H3,(H,41,46)(H,42,47)/b40-33+/t26-,27+,28+,30-,31+,34-,35?,36+/m0/s1. The van der Waals surface area contributed by atoms with Crippen LogP contribution in [0.4, 0.5) is 0 Å². The minimum atomic E-state index is -0.781. The molecule has 1 aliphatic rings. The quantitative estimate of drug-likeness (QED) is 0.205. The molecule has 8 atom stereocenters. The number of likely N-dealkylation sites (N-methyl/N-ethyl adjacent to an activating group) is 1. The maximum Gasteiger partial charge on any atom is 0.266 e. The molecular weight excluding hydrogens is 634 g/mol. The normalized spacial score (nSPS) is 19.4. The Morgan fingerprint density at radius 3 is 2.14 bits per heavy atom. The number of hydrogen-bond donors (Lipinski definition) is 2. The highest BCUT2D eigenvalue weighted by Crippen LogP contribution is 2.29. The zero-order valence-corrected chi connectivity index (χ0v) is 32.7. The van der Waals surface area contributed by atoms with E-state index < -0.39 is 30.2 Å². The van der Waals surface area contributed by atoms with Crippen molar-refractivity contribution in [3.63, 3.8) is 0 Å². The molecule has 1 aliphatic heterocycles. The highest BCUT2D eigenvalue weighted by Gasteiger charge is 2.43. The third kappa shape index (κ3) is 11.4. The number of likely N-dealkylation sites (tertiary alicyclic amines) is 1. The van der Waals surface area contributed by atoms with Gasteiger partial charge in [0.2, 0.25) is 17.7 Å². The first-order valence-corrected chi connectivity index (χ1v) is 18.4. The maximum absolute atomic E-state index is 14.1. The van der Waals surface area contributed by atoms with Crippen LogP contribution >= 0.6 is 0 Å². The topological polar surface area (TPSA) is 130 Å². The number of benzene rings is 1. The largest absolute Gasteiger partial charge is 0.379 e. The first-order chi connectivity index (χ1) is 23.6. The van der Waals surface area contributed by atoms with E-state index in [1.165, 1.54) is 0 Å². The third-order valence-corrected chi connectivity index (χ3v) is 10.3. The molecule has 1 aromatic rings. The molecule has 0 radical (unpaired) electrons. The second kappa shape index (κ2) is 20.5. The Kier molecular flexibility index (Phi) is 17.6. The Labute approximate surface area is 301 Å². The second-order valence-corrected chi connectivity index (χ2v) is 14.6. The molecule has 1 heterocycles. The lowest BCUT2D eigenvalue weighted by atomic mass is 9.89. The number of carbonyl (C=O) groups is 4. The average Bonchev–Trinajstić information content (AvgIpc) is 3.56. The summed E-state index contributed by atoms with van der Waals surface area (Å²) in [7, 11) is 6.48. The molecule has 0 saturated carbocycles. The van der Waals surface area contributed by atoms with E-state index in [9.17, 15) is 19.2 Å². The molecule has 11 nitrogen and oxygen atoms in total. The molecule has 2 rings (SSSR count). The summed E-state index contributed by atoms with van der Waals surface area (Å²) in [6.45, 7) is 16.1. The van der Waals surface area contributed by atoms with Crippen LogP contribution in [0.15, 0.2) is 35.3 Å². The molecule has 0 aliphatic carbocycles. The first kappa shape index (κ1) is 42.9. The van der Waals surface area contributed by atoms with Crippen molar-refractivity contribution < 1.29 is 28.7 Å². The van der Waals surface area contributed by atoms with Crippen molar-refractivity contribution in [2.75, 3.05) is 34.9 Å². The molecule has 2 N–H and O–H groups in total. The number of rotatable bonds is 19. The Balaban J connectivity index is 2.23. The fourth-order valence-corrected chi connectivity index (χ4v) is 7.27. The van der Waals surface area contributed by atoms with E-state index >= 15 is 0 Å². The van der Waals surface area contributed by atoms with Gasteiger partial charge < -0.3 is 29.9 Å². The van der Waals surface area contributed by atoms with Gasteiger partial charge in [-0.1, -0.05) is 85.2 Å². The van der Waals surface area contributed by atoms with Crippen molar-refractivity contribution in [2.45, 2.75) is 124 Å². The summed E-state index contributed by atoms with van der Waals surface area (Å²) in [5.41, 5.74) is 1.53. The number of methoxy groups -OCH3 is 2. The minimum Gasteiger partial charge on any atom is -0.379 e. The van der Waals surface area contributed by atoms with E-state index in [0.717, 1.165) is 24.8 Å². The van der Waals surface area contributed by atoms with Crippen LogP contribution in [0.1, 0.15) is 86.6 Å². The summed E-state index contributed by atoms with van der Waals surface area (Å²) in [6.07, 6.45) is 1.97. The molecule has 0 spiro atoms. The molecule has 1 aromatic carbocycles. The van der Waals surface area contributed by atoms with E-state index in [1.807, 2.05) is 90.6 Å². The van der Waals surface area contributed by atoms with Gasteiger partial charge in [0.15, 0.2) is 0 Å². The smallest absolute Gasteiger partial charge is 0.266 e. The van der Waals surface area contributed by atoms with Crippen molar-refractivity contribution in [3.8, 4) is 0 Å². The van der Waals surface area contributed by atoms with Crippen LogP contribution in [0, 0.1) is 23.7 Å². The van der Waals surface area contributed by atoms with Crippen molar-refractivity contribution in [3.05, 3.63) is 35.9 Å². The number of carbonyl (C=O) groups excluding carboxylic acids is 4. The van der Waals surface area contributed by atoms with Crippen molar-refractivity contribution >= 4 is 29.3 Å². The molecule has 0 aromatic heterocycles. The molecule has 0 bridgehead atoms. The molecule has 1 fully saturated rings. The summed E-state index contributed by atoms with van der Waals surface area (Å²) < 4.78 is 11.9. The highest BCUT2D eigenvalue weighted by atomic mass is 16.5. The van der Waals surface area contributed by atoms with Gasteiger partial charge in [0, 0.05) is 46.8 Å². The predicted octanol–water partition coefficient (Wildman–Crippen LogP) is 4.52. The van der Waals surface area contributed by atoms with Crippen molar-refractivity contribution in [1.29, 1.82) is 0 Å². The summed E-state index contributed by atoms with van der Waals surface area (Å²) in [4.78, 5) is 62.3. The summed E-state index contributed by atoms with van der Waals surface area (Å²) >= 11 is 0. The minimum absolute atomic E-state index is 0.00339. The Bertz CT molecular complexity index is 1270. The van der Waals surface area contributed by atoms with Gasteiger partial charge in [-0.3, -0.25) is 24.2 Å². The fourth-order valence-electron chi connectivity index (χ4n) is 7.27. The van der Waals surface area contributed by atoms with Crippen LogP contribution in [-0.2, 0) is 35.1 Å². The number of nitrogens with zero attached hydrogens (tertiary/aromatic N) is 3. The molecule has 1 saturated heterocycles. The Morgan fingerprint density at radius 1 is 0.980 bits per heavy atom. The Morgan fingerprint density at radius 2 is 1.62 bits per heavy atom. The van der Waals surface area contributed by atoms with Gasteiger partial charge in [0.1, 0.15) is 11.8 Å². The van der Waals surface area contributed by atoms with Gasteiger partial charge in [-0.2, -0.15) is 0 Å². The van der Waals surface area contributed by atoms with E-state index in [1.54, 1.807) is 33.2 Å².